The van der Waals surface area contributed by atoms with Crippen LogP contribution >= 0.6 is 11.3 Å². The highest BCUT2D eigenvalue weighted by molar-refractivity contribution is 7.92. The number of ether oxygens (including phenoxy) is 1. The van der Waals surface area contributed by atoms with Crippen LogP contribution in [0.25, 0.3) is 0 Å². The number of hydrogen-bond donors (Lipinski definition) is 1. The summed E-state index contributed by atoms with van der Waals surface area (Å²) < 4.78 is 32.6. The lowest BCUT2D eigenvalue weighted by molar-refractivity contribution is -0.121. The number of nitrogens with zero attached hydrogens (tertiary/aromatic N) is 1. The molecule has 1 aliphatic heterocycles. The molecule has 2 heterocycles. The number of carbonyl (C=O) groups excluding carboxylic acids is 3. The molecule has 1 aliphatic carbocycles. The first kappa shape index (κ1) is 26.1. The van der Waals surface area contributed by atoms with E-state index in [9.17, 15) is 22.8 Å². The van der Waals surface area contributed by atoms with E-state index in [1.54, 1.807) is 55.5 Å². The number of benzene rings is 2. The minimum absolute atomic E-state index is 0.00584. The monoisotopic (exact) mass is 552 g/mol. The average molecular weight is 553 g/mol. The molecule has 0 fully saturated rings. The van der Waals surface area contributed by atoms with E-state index in [1.165, 1.54) is 22.3 Å². The summed E-state index contributed by atoms with van der Waals surface area (Å²) in [5.41, 5.74) is 1.99. The van der Waals surface area contributed by atoms with Crippen LogP contribution in [0.1, 0.15) is 57.8 Å². The normalized spacial score (nSPS) is 18.2. The van der Waals surface area contributed by atoms with Gasteiger partial charge in [0.1, 0.15) is 11.5 Å². The van der Waals surface area contributed by atoms with Crippen LogP contribution in [-0.4, -0.2) is 39.4 Å². The maximum absolute atomic E-state index is 13.7. The Bertz CT molecular complexity index is 1500. The molecule has 1 unspecified atom stereocenters. The molecule has 0 spiro atoms. The Morgan fingerprint density at radius 2 is 1.76 bits per heavy atom. The molecule has 198 valence electrons. The molecule has 0 radical (unpaired) electrons. The van der Waals surface area contributed by atoms with Crippen molar-refractivity contribution in [2.24, 2.45) is 0 Å². The Kier molecular flexibility index (Phi) is 7.36. The minimum atomic E-state index is -3.91. The number of fused-ring (bicyclic) bond motifs is 2. The van der Waals surface area contributed by atoms with Gasteiger partial charge in [-0.25, -0.2) is 13.2 Å². The standard InChI is InChI=1S/C28H28N2O6S2/c1-2-36-28(33)26-19-12-6-8-14-21(19)37-27(26)29-24(31)17-30-20-13-7-9-15-22(20)38(34,35)23(16-25(30)32)18-10-4-3-5-11-18/h3-5,7,9-11,13,15,23H,2,6,8,12,14,16-17H2,1H3,(H,29,31). The number of aryl methyl sites for hydroxylation is 1. The first-order valence-electron chi connectivity index (χ1n) is 12.6. The molecule has 1 N–H and O–H groups in total. The predicted octanol–water partition coefficient (Wildman–Crippen LogP) is 4.69. The summed E-state index contributed by atoms with van der Waals surface area (Å²) in [5, 5.41) is 2.17. The summed E-state index contributed by atoms with van der Waals surface area (Å²) in [5.74, 6) is -1.47. The summed E-state index contributed by atoms with van der Waals surface area (Å²) in [7, 11) is -3.91. The maximum Gasteiger partial charge on any atom is 0.341 e. The van der Waals surface area contributed by atoms with Gasteiger partial charge in [0.25, 0.3) is 0 Å². The van der Waals surface area contributed by atoms with Crippen molar-refractivity contribution in [2.45, 2.75) is 49.2 Å². The molecule has 3 aromatic rings. The number of carbonyl (C=O) groups is 3. The molecule has 8 nitrogen and oxygen atoms in total. The number of esters is 1. The van der Waals surface area contributed by atoms with E-state index < -0.39 is 39.4 Å². The summed E-state index contributed by atoms with van der Waals surface area (Å²) in [6.07, 6.45) is 3.25. The SMILES string of the molecule is CCOC(=O)c1c(NC(=O)CN2C(=O)CC(c3ccccc3)S(=O)(=O)c3ccccc32)sc2c1CCCC2. The molecule has 1 aromatic heterocycles. The van der Waals surface area contributed by atoms with E-state index in [2.05, 4.69) is 5.32 Å². The lowest BCUT2D eigenvalue weighted by Crippen LogP contribution is -2.38. The van der Waals surface area contributed by atoms with Gasteiger partial charge in [-0.05, 0) is 55.9 Å². The second-order valence-corrected chi connectivity index (χ2v) is 12.5. The first-order valence-corrected chi connectivity index (χ1v) is 15.0. The van der Waals surface area contributed by atoms with Crippen LogP contribution in [-0.2, 0) is 37.0 Å². The van der Waals surface area contributed by atoms with Gasteiger partial charge in [-0.1, -0.05) is 42.5 Å². The van der Waals surface area contributed by atoms with Gasteiger partial charge in [0.15, 0.2) is 9.84 Å². The van der Waals surface area contributed by atoms with Gasteiger partial charge in [-0.2, -0.15) is 0 Å². The number of thiophene rings is 1. The fourth-order valence-corrected chi connectivity index (χ4v) is 8.32. The maximum atomic E-state index is 13.7. The zero-order valence-electron chi connectivity index (χ0n) is 20.9. The highest BCUT2D eigenvalue weighted by Crippen LogP contribution is 2.41. The second kappa shape index (κ2) is 10.7. The van der Waals surface area contributed by atoms with Gasteiger partial charge < -0.3 is 15.0 Å². The van der Waals surface area contributed by atoms with Crippen molar-refractivity contribution in [3.8, 4) is 0 Å². The van der Waals surface area contributed by atoms with E-state index in [-0.39, 0.29) is 23.6 Å². The number of sulfone groups is 1. The quantitative estimate of drug-likeness (QED) is 0.444. The minimum Gasteiger partial charge on any atom is -0.462 e. The largest absolute Gasteiger partial charge is 0.462 e. The van der Waals surface area contributed by atoms with Crippen LogP contribution in [0.3, 0.4) is 0 Å². The van der Waals surface area contributed by atoms with Crippen LogP contribution in [0.4, 0.5) is 10.7 Å². The van der Waals surface area contributed by atoms with Gasteiger partial charge in [0.2, 0.25) is 11.8 Å². The van der Waals surface area contributed by atoms with Crippen LogP contribution < -0.4 is 10.2 Å². The van der Waals surface area contributed by atoms with Crippen molar-refractivity contribution in [3.63, 3.8) is 0 Å². The Labute approximate surface area is 225 Å². The number of hydrogen-bond acceptors (Lipinski definition) is 7. The zero-order chi connectivity index (χ0) is 26.9. The Hall–Kier alpha value is -3.50. The Morgan fingerprint density at radius 1 is 1.05 bits per heavy atom. The third-order valence-corrected chi connectivity index (χ3v) is 10.2. The zero-order valence-corrected chi connectivity index (χ0v) is 22.6. The van der Waals surface area contributed by atoms with Gasteiger partial charge >= 0.3 is 5.97 Å². The van der Waals surface area contributed by atoms with E-state index in [4.69, 9.17) is 4.74 Å². The third kappa shape index (κ3) is 4.86. The van der Waals surface area contributed by atoms with Crippen LogP contribution in [0, 0.1) is 0 Å². The van der Waals surface area contributed by atoms with Gasteiger partial charge in [0.05, 0.1) is 28.0 Å². The third-order valence-electron chi connectivity index (χ3n) is 6.88. The average Bonchev–Trinajstić information content (AvgIpc) is 3.25. The molecule has 38 heavy (non-hydrogen) atoms. The summed E-state index contributed by atoms with van der Waals surface area (Å²) in [4.78, 5) is 41.8. The molecule has 0 bridgehead atoms. The van der Waals surface area contributed by atoms with E-state index in [0.29, 0.717) is 16.1 Å². The van der Waals surface area contributed by atoms with Crippen molar-refractivity contribution in [3.05, 3.63) is 76.2 Å². The van der Waals surface area contributed by atoms with Crippen molar-refractivity contribution in [1.82, 2.24) is 0 Å². The summed E-state index contributed by atoms with van der Waals surface area (Å²) >= 11 is 1.36. The molecule has 10 heteroatoms. The molecule has 0 saturated heterocycles. The molecule has 2 aromatic carbocycles. The van der Waals surface area contributed by atoms with E-state index in [1.807, 2.05) is 0 Å². The van der Waals surface area contributed by atoms with Gasteiger partial charge in [0, 0.05) is 11.3 Å². The van der Waals surface area contributed by atoms with Crippen LogP contribution in [0.5, 0.6) is 0 Å². The number of anilines is 2. The molecular formula is C28H28N2O6S2. The van der Waals surface area contributed by atoms with Crippen molar-refractivity contribution in [2.75, 3.05) is 23.4 Å². The topological polar surface area (TPSA) is 110 Å². The highest BCUT2D eigenvalue weighted by Gasteiger charge is 2.40. The van der Waals surface area contributed by atoms with Crippen molar-refractivity contribution < 1.29 is 27.5 Å². The lowest BCUT2D eigenvalue weighted by atomic mass is 9.95. The van der Waals surface area contributed by atoms with E-state index >= 15 is 0 Å². The number of para-hydroxylation sites is 1. The lowest BCUT2D eigenvalue weighted by Gasteiger charge is -2.21. The van der Waals surface area contributed by atoms with Crippen LogP contribution in [0.2, 0.25) is 0 Å². The fourth-order valence-electron chi connectivity index (χ4n) is 5.11. The molecule has 1 atom stereocenters. The molecule has 0 saturated carbocycles. The van der Waals surface area contributed by atoms with Crippen LogP contribution in [0.15, 0.2) is 59.5 Å². The first-order chi connectivity index (χ1) is 18.3. The van der Waals surface area contributed by atoms with Gasteiger partial charge in [-0.3, -0.25) is 9.59 Å². The Balaban J connectivity index is 1.47. The molecular weight excluding hydrogens is 524 g/mol. The van der Waals surface area contributed by atoms with Crippen molar-refractivity contribution in [1.29, 1.82) is 0 Å². The van der Waals surface area contributed by atoms with E-state index in [0.717, 1.165) is 36.1 Å². The molecule has 2 amide bonds. The number of nitrogens with one attached hydrogen (secondary N) is 1. The summed E-state index contributed by atoms with van der Waals surface area (Å²) in [6.45, 7) is 1.55. The molecule has 2 aliphatic rings. The summed E-state index contributed by atoms with van der Waals surface area (Å²) in [6, 6.07) is 14.9. The number of rotatable bonds is 6. The fraction of sp³-hybridized carbons (Fsp3) is 0.321. The Morgan fingerprint density at radius 3 is 2.53 bits per heavy atom. The van der Waals surface area contributed by atoms with Crippen molar-refractivity contribution >= 4 is 49.6 Å². The predicted molar refractivity (Wildman–Crippen MR) is 145 cm³/mol. The van der Waals surface area contributed by atoms with Gasteiger partial charge in [-0.15, -0.1) is 11.3 Å². The molecule has 5 rings (SSSR count). The number of amides is 2. The highest BCUT2D eigenvalue weighted by atomic mass is 32.2. The smallest absolute Gasteiger partial charge is 0.341 e. The second-order valence-electron chi connectivity index (χ2n) is 9.28.